The molecule has 1 aliphatic rings. The molecule has 0 saturated heterocycles. The molecule has 1 saturated carbocycles. The van der Waals surface area contributed by atoms with Crippen molar-refractivity contribution in [3.8, 4) is 0 Å². The van der Waals surface area contributed by atoms with Crippen LogP contribution in [0.3, 0.4) is 0 Å². The highest BCUT2D eigenvalue weighted by Gasteiger charge is 2.29. The van der Waals surface area contributed by atoms with Crippen LogP contribution in [0, 0.1) is 5.92 Å². The van der Waals surface area contributed by atoms with Gasteiger partial charge in [0.15, 0.2) is 5.82 Å². The fraction of sp³-hybridized carbons (Fsp3) is 0.818. The highest BCUT2D eigenvalue weighted by Crippen LogP contribution is 2.33. The fourth-order valence-corrected chi connectivity index (χ4v) is 2.01. The predicted octanol–water partition coefficient (Wildman–Crippen LogP) is 1.14. The maximum atomic E-state index is 4.26. The van der Waals surface area contributed by atoms with Gasteiger partial charge >= 0.3 is 0 Å². The number of nitrogens with one attached hydrogen (secondary N) is 1. The second kappa shape index (κ2) is 4.75. The van der Waals surface area contributed by atoms with E-state index in [1.54, 1.807) is 11.0 Å². The summed E-state index contributed by atoms with van der Waals surface area (Å²) in [5.74, 6) is 1.88. The maximum Gasteiger partial charge on any atom is 0.151 e. The molecule has 0 spiro atoms. The van der Waals surface area contributed by atoms with E-state index in [9.17, 15) is 0 Å². The third kappa shape index (κ3) is 3.02. The van der Waals surface area contributed by atoms with E-state index in [1.807, 2.05) is 7.05 Å². The summed E-state index contributed by atoms with van der Waals surface area (Å²) in [7, 11) is 1.91. The van der Waals surface area contributed by atoms with Crippen LogP contribution in [-0.4, -0.2) is 27.4 Å². The first-order valence-electron chi connectivity index (χ1n) is 5.87. The Morgan fingerprint density at radius 1 is 1.60 bits per heavy atom. The van der Waals surface area contributed by atoms with Crippen LogP contribution in [0.1, 0.15) is 32.0 Å². The van der Waals surface area contributed by atoms with E-state index >= 15 is 0 Å². The first-order chi connectivity index (χ1) is 7.29. The zero-order chi connectivity index (χ0) is 10.7. The molecule has 2 rings (SSSR count). The van der Waals surface area contributed by atoms with Crippen molar-refractivity contribution in [2.75, 3.05) is 6.54 Å². The molecule has 0 aliphatic heterocycles. The third-order valence-electron chi connectivity index (χ3n) is 3.03. The minimum atomic E-state index is 0.716. The van der Waals surface area contributed by atoms with Crippen LogP contribution in [0.4, 0.5) is 0 Å². The SMILES string of the molecule is CCC(NCCc1ncn(C)n1)C1CC1. The third-order valence-corrected chi connectivity index (χ3v) is 3.03. The summed E-state index contributed by atoms with van der Waals surface area (Å²) in [5, 5.41) is 7.86. The van der Waals surface area contributed by atoms with Crippen LogP contribution < -0.4 is 5.32 Å². The largest absolute Gasteiger partial charge is 0.313 e. The lowest BCUT2D eigenvalue weighted by Gasteiger charge is -2.15. The molecule has 1 N–H and O–H groups in total. The Morgan fingerprint density at radius 2 is 2.40 bits per heavy atom. The van der Waals surface area contributed by atoms with Gasteiger partial charge < -0.3 is 5.32 Å². The molecule has 0 aromatic carbocycles. The van der Waals surface area contributed by atoms with Gasteiger partial charge in [0.2, 0.25) is 0 Å². The number of aromatic nitrogens is 3. The summed E-state index contributed by atoms with van der Waals surface area (Å²) in [6, 6.07) is 0.716. The minimum Gasteiger partial charge on any atom is -0.313 e. The van der Waals surface area contributed by atoms with E-state index in [-0.39, 0.29) is 0 Å². The quantitative estimate of drug-likeness (QED) is 0.762. The van der Waals surface area contributed by atoms with Crippen LogP contribution in [0.5, 0.6) is 0 Å². The van der Waals surface area contributed by atoms with E-state index in [2.05, 4.69) is 22.3 Å². The monoisotopic (exact) mass is 208 g/mol. The molecular weight excluding hydrogens is 188 g/mol. The van der Waals surface area contributed by atoms with Crippen LogP contribution in [0.15, 0.2) is 6.33 Å². The molecule has 0 radical (unpaired) electrons. The normalized spacial score (nSPS) is 18.0. The van der Waals surface area contributed by atoms with E-state index in [4.69, 9.17) is 0 Å². The number of hydrogen-bond donors (Lipinski definition) is 1. The molecule has 4 heteroatoms. The van der Waals surface area contributed by atoms with Crippen molar-refractivity contribution in [3.63, 3.8) is 0 Å². The molecule has 1 aromatic heterocycles. The number of rotatable bonds is 6. The van der Waals surface area contributed by atoms with Crippen molar-refractivity contribution in [2.24, 2.45) is 13.0 Å². The first-order valence-corrected chi connectivity index (χ1v) is 5.87. The predicted molar refractivity (Wildman–Crippen MR) is 59.5 cm³/mol. The lowest BCUT2D eigenvalue weighted by molar-refractivity contribution is 0.451. The van der Waals surface area contributed by atoms with Crippen LogP contribution in [0.25, 0.3) is 0 Å². The average molecular weight is 208 g/mol. The Balaban J connectivity index is 1.69. The van der Waals surface area contributed by atoms with Gasteiger partial charge in [-0.25, -0.2) is 4.98 Å². The Labute approximate surface area is 91.1 Å². The Morgan fingerprint density at radius 3 is 2.93 bits per heavy atom. The number of aryl methyl sites for hydroxylation is 1. The van der Waals surface area contributed by atoms with Crippen molar-refractivity contribution >= 4 is 0 Å². The highest BCUT2D eigenvalue weighted by molar-refractivity contribution is 4.87. The van der Waals surface area contributed by atoms with Crippen molar-refractivity contribution in [1.82, 2.24) is 20.1 Å². The molecule has 1 aromatic rings. The minimum absolute atomic E-state index is 0.716. The van der Waals surface area contributed by atoms with Gasteiger partial charge in [0.25, 0.3) is 0 Å². The molecule has 1 unspecified atom stereocenters. The Kier molecular flexibility index (Phi) is 3.36. The van der Waals surface area contributed by atoms with Gasteiger partial charge in [-0.05, 0) is 25.2 Å². The zero-order valence-corrected chi connectivity index (χ0v) is 9.61. The first kappa shape index (κ1) is 10.6. The van der Waals surface area contributed by atoms with E-state index in [0.29, 0.717) is 6.04 Å². The molecular formula is C11H20N4. The van der Waals surface area contributed by atoms with Gasteiger partial charge in [-0.2, -0.15) is 5.10 Å². The molecule has 1 heterocycles. The molecule has 4 nitrogen and oxygen atoms in total. The zero-order valence-electron chi connectivity index (χ0n) is 9.61. The average Bonchev–Trinajstić information content (AvgIpc) is 2.98. The summed E-state index contributed by atoms with van der Waals surface area (Å²) in [6.45, 7) is 3.26. The lowest BCUT2D eigenvalue weighted by Crippen LogP contribution is -2.32. The molecule has 84 valence electrons. The van der Waals surface area contributed by atoms with Gasteiger partial charge in [-0.3, -0.25) is 4.68 Å². The summed E-state index contributed by atoms with van der Waals surface area (Å²) in [5.41, 5.74) is 0. The van der Waals surface area contributed by atoms with Crippen LogP contribution in [0.2, 0.25) is 0 Å². The summed E-state index contributed by atoms with van der Waals surface area (Å²) < 4.78 is 1.76. The van der Waals surface area contributed by atoms with E-state index < -0.39 is 0 Å². The topological polar surface area (TPSA) is 42.7 Å². The number of hydrogen-bond acceptors (Lipinski definition) is 3. The molecule has 15 heavy (non-hydrogen) atoms. The van der Waals surface area contributed by atoms with Crippen molar-refractivity contribution in [1.29, 1.82) is 0 Å². The smallest absolute Gasteiger partial charge is 0.151 e. The Hall–Kier alpha value is -0.900. The highest BCUT2D eigenvalue weighted by atomic mass is 15.3. The molecule has 0 amide bonds. The molecule has 1 atom stereocenters. The van der Waals surface area contributed by atoms with Crippen LogP contribution >= 0.6 is 0 Å². The molecule has 1 aliphatic carbocycles. The maximum absolute atomic E-state index is 4.26. The van der Waals surface area contributed by atoms with Gasteiger partial charge in [0.1, 0.15) is 6.33 Å². The van der Waals surface area contributed by atoms with Gasteiger partial charge in [-0.1, -0.05) is 6.92 Å². The van der Waals surface area contributed by atoms with Crippen molar-refractivity contribution in [2.45, 2.75) is 38.6 Å². The lowest BCUT2D eigenvalue weighted by atomic mass is 10.1. The summed E-state index contributed by atoms with van der Waals surface area (Å²) in [4.78, 5) is 4.21. The van der Waals surface area contributed by atoms with Crippen molar-refractivity contribution < 1.29 is 0 Å². The summed E-state index contributed by atoms with van der Waals surface area (Å²) in [6.07, 6.45) is 6.75. The fourth-order valence-electron chi connectivity index (χ4n) is 2.01. The second-order valence-corrected chi connectivity index (χ2v) is 4.39. The van der Waals surface area contributed by atoms with E-state index in [0.717, 1.165) is 24.7 Å². The van der Waals surface area contributed by atoms with Crippen LogP contribution in [-0.2, 0) is 13.5 Å². The van der Waals surface area contributed by atoms with Gasteiger partial charge in [-0.15, -0.1) is 0 Å². The molecule has 1 fully saturated rings. The van der Waals surface area contributed by atoms with Crippen molar-refractivity contribution in [3.05, 3.63) is 12.2 Å². The number of nitrogens with zero attached hydrogens (tertiary/aromatic N) is 3. The summed E-state index contributed by atoms with van der Waals surface area (Å²) >= 11 is 0. The van der Waals surface area contributed by atoms with E-state index in [1.165, 1.54) is 19.3 Å². The standard InChI is InChI=1S/C11H20N4/c1-3-10(9-4-5-9)12-7-6-11-13-8-15(2)14-11/h8-10,12H,3-7H2,1-2H3. The second-order valence-electron chi connectivity index (χ2n) is 4.39. The van der Waals surface area contributed by atoms with Gasteiger partial charge in [0.05, 0.1) is 0 Å². The molecule has 0 bridgehead atoms. The van der Waals surface area contributed by atoms with Gasteiger partial charge in [0, 0.05) is 26.1 Å². The Bertz CT molecular complexity index is 303.